The Balaban J connectivity index is 2.08. The smallest absolute Gasteiger partial charge is 0.451 e. The van der Waals surface area contributed by atoms with Crippen LogP contribution in [0.4, 0.5) is 14.7 Å². The molecule has 0 aliphatic carbocycles. The average molecular weight is 559 g/mol. The van der Waals surface area contributed by atoms with Crippen molar-refractivity contribution in [1.82, 2.24) is 15.1 Å². The maximum Gasteiger partial charge on any atom is 0.514 e. The highest BCUT2D eigenvalue weighted by Gasteiger charge is 2.36. The van der Waals surface area contributed by atoms with E-state index in [1.807, 2.05) is 0 Å². The molecule has 2 unspecified atom stereocenters. The highest BCUT2D eigenvalue weighted by Crippen LogP contribution is 2.47. The molecule has 3 aromatic rings. The number of aromatic nitrogens is 2. The summed E-state index contributed by atoms with van der Waals surface area (Å²) in [5.74, 6) is -0.826. The van der Waals surface area contributed by atoms with Crippen LogP contribution in [0.3, 0.4) is 0 Å². The molecule has 0 radical (unpaired) electrons. The van der Waals surface area contributed by atoms with Crippen molar-refractivity contribution in [1.29, 1.82) is 0 Å². The van der Waals surface area contributed by atoms with Gasteiger partial charge in [-0.1, -0.05) is 37.1 Å². The number of hydrogen-bond acceptors (Lipinski definition) is 8. The molecule has 1 N–H and O–H groups in total. The average Bonchev–Trinajstić information content (AvgIpc) is 2.88. The predicted octanol–water partition coefficient (Wildman–Crippen LogP) is 5.00. The van der Waals surface area contributed by atoms with Crippen LogP contribution in [0.25, 0.3) is 0 Å². The number of hydrogen-bond donors (Lipinski definition) is 1. The summed E-state index contributed by atoms with van der Waals surface area (Å²) >= 11 is 0. The second kappa shape index (κ2) is 12.7. The van der Waals surface area contributed by atoms with Gasteiger partial charge in [-0.3, -0.25) is 4.79 Å². The second-order valence-corrected chi connectivity index (χ2v) is 10.4. The van der Waals surface area contributed by atoms with Crippen LogP contribution in [0.2, 0.25) is 0 Å². The first kappa shape index (κ1) is 29.6. The Hall–Kier alpha value is -4.00. The van der Waals surface area contributed by atoms with Crippen molar-refractivity contribution in [2.75, 3.05) is 25.6 Å². The lowest BCUT2D eigenvalue weighted by Gasteiger charge is -2.25. The minimum absolute atomic E-state index is 0.127. The van der Waals surface area contributed by atoms with Crippen molar-refractivity contribution in [3.05, 3.63) is 77.0 Å². The van der Waals surface area contributed by atoms with Crippen LogP contribution in [-0.4, -0.2) is 42.7 Å². The molecule has 0 bridgehead atoms. The minimum atomic E-state index is -4.38. The van der Waals surface area contributed by atoms with Gasteiger partial charge in [0.15, 0.2) is 6.61 Å². The largest absolute Gasteiger partial charge is 0.514 e. The molecule has 9 nitrogen and oxygen atoms in total. The first-order valence-electron chi connectivity index (χ1n) is 11.9. The van der Waals surface area contributed by atoms with Crippen molar-refractivity contribution in [3.63, 3.8) is 0 Å². The molecule has 206 valence electrons. The minimum Gasteiger partial charge on any atom is -0.451 e. The van der Waals surface area contributed by atoms with Gasteiger partial charge < -0.3 is 18.7 Å². The number of rotatable bonds is 11. The molecule has 0 fully saturated rings. The number of carbonyl (C=O) groups excluding carboxylic acids is 1. The first-order chi connectivity index (χ1) is 18.5. The van der Waals surface area contributed by atoms with Crippen molar-refractivity contribution in [2.45, 2.75) is 32.7 Å². The van der Waals surface area contributed by atoms with E-state index in [0.717, 1.165) is 12.1 Å². The molecule has 3 rings (SSSR count). The number of para-hydroxylation sites is 1. The van der Waals surface area contributed by atoms with Gasteiger partial charge in [-0.25, -0.2) is 18.3 Å². The van der Waals surface area contributed by atoms with Gasteiger partial charge in [-0.15, -0.1) is 6.42 Å². The topological polar surface area (TPSA) is 103 Å². The monoisotopic (exact) mass is 558 g/mol. The molecule has 0 saturated heterocycles. The lowest BCUT2D eigenvalue weighted by molar-refractivity contribution is -0.143. The fourth-order valence-electron chi connectivity index (χ4n) is 3.61. The van der Waals surface area contributed by atoms with Crippen LogP contribution in [0, 0.1) is 30.9 Å². The molecular formula is C27H29F2N4O5P. The quantitative estimate of drug-likeness (QED) is 0.198. The first-order valence-corrected chi connectivity index (χ1v) is 13.4. The molecular weight excluding hydrogens is 529 g/mol. The van der Waals surface area contributed by atoms with Gasteiger partial charge in [-0.05, 0) is 38.1 Å². The van der Waals surface area contributed by atoms with Gasteiger partial charge in [0.25, 0.3) is 0 Å². The zero-order valence-corrected chi connectivity index (χ0v) is 23.0. The Labute approximate surface area is 226 Å². The third-order valence-corrected chi connectivity index (χ3v) is 7.12. The maximum atomic E-state index is 14.6. The van der Waals surface area contributed by atoms with E-state index in [9.17, 15) is 18.1 Å². The Morgan fingerprint density at radius 3 is 2.31 bits per heavy atom. The number of esters is 1. The van der Waals surface area contributed by atoms with Crippen LogP contribution < -0.4 is 19.0 Å². The van der Waals surface area contributed by atoms with Crippen molar-refractivity contribution in [3.8, 4) is 24.0 Å². The van der Waals surface area contributed by atoms with E-state index in [4.69, 9.17) is 20.2 Å². The number of anilines is 1. The van der Waals surface area contributed by atoms with Gasteiger partial charge in [0.05, 0.1) is 5.69 Å². The number of nitrogens with zero attached hydrogens (tertiary/aromatic N) is 3. The molecule has 0 saturated carbocycles. The van der Waals surface area contributed by atoms with Crippen LogP contribution in [0.1, 0.15) is 36.6 Å². The maximum absolute atomic E-state index is 14.6. The van der Waals surface area contributed by atoms with E-state index < -0.39 is 37.3 Å². The summed E-state index contributed by atoms with van der Waals surface area (Å²) in [5, 5.41) is 2.55. The summed E-state index contributed by atoms with van der Waals surface area (Å²) in [4.78, 5) is 22.7. The van der Waals surface area contributed by atoms with E-state index in [2.05, 4.69) is 21.0 Å². The predicted molar refractivity (Wildman–Crippen MR) is 143 cm³/mol. The Kier molecular flexibility index (Phi) is 9.62. The molecule has 0 amide bonds. The van der Waals surface area contributed by atoms with Crippen molar-refractivity contribution in [2.24, 2.45) is 0 Å². The molecule has 12 heteroatoms. The zero-order chi connectivity index (χ0) is 28.7. The number of benzene rings is 2. The third kappa shape index (κ3) is 7.31. The van der Waals surface area contributed by atoms with E-state index in [-0.39, 0.29) is 41.0 Å². The fourth-order valence-corrected chi connectivity index (χ4v) is 5.13. The number of carbonyl (C=O) groups is 1. The highest BCUT2D eigenvalue weighted by atomic mass is 31.2. The number of nitrogens with one attached hydrogen (secondary N) is 1. The molecule has 1 aromatic heterocycles. The van der Waals surface area contributed by atoms with Crippen LogP contribution >= 0.6 is 7.75 Å². The van der Waals surface area contributed by atoms with E-state index in [0.29, 0.717) is 0 Å². The summed E-state index contributed by atoms with van der Waals surface area (Å²) in [6.45, 7) is 4.27. The lowest BCUT2D eigenvalue weighted by Crippen LogP contribution is -2.36. The molecule has 0 aliphatic heterocycles. The zero-order valence-electron chi connectivity index (χ0n) is 22.1. The number of terminal acetylenes is 1. The van der Waals surface area contributed by atoms with Crippen LogP contribution in [-0.2, 0) is 14.1 Å². The van der Waals surface area contributed by atoms with E-state index >= 15 is 0 Å². The summed E-state index contributed by atoms with van der Waals surface area (Å²) in [7, 11) is -1.06. The molecule has 39 heavy (non-hydrogen) atoms. The summed E-state index contributed by atoms with van der Waals surface area (Å²) in [5.41, 5.74) is 0.305. The molecule has 1 heterocycles. The molecule has 0 aliphatic rings. The third-order valence-electron chi connectivity index (χ3n) is 5.55. The van der Waals surface area contributed by atoms with Gasteiger partial charge in [0.1, 0.15) is 23.4 Å². The van der Waals surface area contributed by atoms with Crippen molar-refractivity contribution < 1.29 is 31.9 Å². The van der Waals surface area contributed by atoms with Gasteiger partial charge in [0.2, 0.25) is 11.8 Å². The number of halogens is 2. The van der Waals surface area contributed by atoms with Gasteiger partial charge in [-0.2, -0.15) is 10.1 Å². The lowest BCUT2D eigenvalue weighted by atomic mass is 9.94. The Bertz CT molecular complexity index is 1400. The standard InChI is InChI=1S/C27H29F2N4O5P/c1-7-16-36-26(34)19(4)32-39(35,37-20-12-9-8-10-13-20)38-25-18(3)24(30-27(31-25)33(5)6)17(2)23-21(28)14-11-15-22(23)29/h1,8-15,17,19H,16H2,2-6H3,(H,32,35)/t17?,19-,39?/m0/s1. The summed E-state index contributed by atoms with van der Waals surface area (Å²) in [6, 6.07) is 10.6. The van der Waals surface area contributed by atoms with Gasteiger partial charge in [0, 0.05) is 31.1 Å². The van der Waals surface area contributed by atoms with Crippen LogP contribution in [0.15, 0.2) is 48.5 Å². The SMILES string of the molecule is C#CCOC(=O)[C@H](C)NP(=O)(Oc1ccccc1)Oc1nc(N(C)C)nc(C(C)c2c(F)cccc2F)c1C. The Morgan fingerprint density at radius 1 is 1.08 bits per heavy atom. The van der Waals surface area contributed by atoms with Crippen molar-refractivity contribution >= 4 is 19.7 Å². The van der Waals surface area contributed by atoms with Gasteiger partial charge >= 0.3 is 13.7 Å². The van der Waals surface area contributed by atoms with Crippen LogP contribution in [0.5, 0.6) is 11.6 Å². The summed E-state index contributed by atoms with van der Waals surface area (Å²) < 4.78 is 59.8. The Morgan fingerprint density at radius 2 is 1.72 bits per heavy atom. The van der Waals surface area contributed by atoms with E-state index in [1.54, 1.807) is 63.2 Å². The number of ether oxygens (including phenoxy) is 1. The second-order valence-electron chi connectivity index (χ2n) is 8.75. The van der Waals surface area contributed by atoms with E-state index in [1.165, 1.54) is 13.0 Å². The highest BCUT2D eigenvalue weighted by molar-refractivity contribution is 7.52. The summed E-state index contributed by atoms with van der Waals surface area (Å²) in [6.07, 6.45) is 5.15. The normalized spacial score (nSPS) is 13.9. The molecule has 0 spiro atoms. The fraction of sp³-hybridized carbons (Fsp3) is 0.296. The molecule has 3 atom stereocenters. The molecule has 2 aromatic carbocycles.